The molecule has 8 heteroatoms. The van der Waals surface area contributed by atoms with Gasteiger partial charge in [-0.05, 0) is 49.7 Å². The van der Waals surface area contributed by atoms with Crippen molar-refractivity contribution in [1.29, 1.82) is 0 Å². The van der Waals surface area contributed by atoms with Crippen LogP contribution in [0.3, 0.4) is 0 Å². The number of anilines is 1. The fourth-order valence-electron chi connectivity index (χ4n) is 2.52. The van der Waals surface area contributed by atoms with Gasteiger partial charge in [-0.1, -0.05) is 30.3 Å². The van der Waals surface area contributed by atoms with E-state index in [0.717, 1.165) is 11.3 Å². The fraction of sp³-hybridized carbons (Fsp3) is 0.250. The number of tetrazole rings is 1. The highest BCUT2D eigenvalue weighted by atomic mass is 16.5. The van der Waals surface area contributed by atoms with E-state index in [2.05, 4.69) is 20.7 Å². The van der Waals surface area contributed by atoms with Gasteiger partial charge in [0.05, 0.1) is 11.7 Å². The summed E-state index contributed by atoms with van der Waals surface area (Å²) in [6.07, 6.45) is -0.207. The molecule has 1 amide bonds. The first-order valence-electron chi connectivity index (χ1n) is 8.87. The van der Waals surface area contributed by atoms with Crippen molar-refractivity contribution in [2.24, 2.45) is 0 Å². The molecule has 3 aromatic rings. The van der Waals surface area contributed by atoms with E-state index in [1.54, 1.807) is 38.1 Å². The molecular formula is C20H21N5O3. The first-order chi connectivity index (χ1) is 13.4. The van der Waals surface area contributed by atoms with Crippen LogP contribution in [0.15, 0.2) is 48.5 Å². The number of aromatic nitrogens is 4. The number of para-hydroxylation sites is 1. The van der Waals surface area contributed by atoms with Gasteiger partial charge in [-0.15, -0.1) is 10.2 Å². The molecule has 28 heavy (non-hydrogen) atoms. The van der Waals surface area contributed by atoms with Gasteiger partial charge < -0.3 is 10.1 Å². The van der Waals surface area contributed by atoms with Gasteiger partial charge in [-0.2, -0.15) is 4.80 Å². The van der Waals surface area contributed by atoms with Gasteiger partial charge in [0, 0.05) is 11.3 Å². The molecule has 0 atom stereocenters. The number of hydrogen-bond donors (Lipinski definition) is 1. The molecule has 0 fully saturated rings. The number of ether oxygens (including phenoxy) is 1. The number of nitrogens with one attached hydrogen (secondary N) is 1. The van der Waals surface area contributed by atoms with Crippen molar-refractivity contribution in [3.05, 3.63) is 59.7 Å². The highest BCUT2D eigenvalue weighted by molar-refractivity contribution is 5.91. The monoisotopic (exact) mass is 379 g/mol. The topological polar surface area (TPSA) is 99.0 Å². The largest absolute Gasteiger partial charge is 0.459 e. The van der Waals surface area contributed by atoms with Gasteiger partial charge in [0.1, 0.15) is 6.54 Å². The Labute approximate surface area is 162 Å². The lowest BCUT2D eigenvalue weighted by Crippen LogP contribution is -2.20. The van der Waals surface area contributed by atoms with E-state index < -0.39 is 5.97 Å². The average Bonchev–Trinajstić information content (AvgIpc) is 3.11. The van der Waals surface area contributed by atoms with E-state index in [4.69, 9.17) is 4.74 Å². The van der Waals surface area contributed by atoms with E-state index in [1.807, 2.05) is 31.2 Å². The van der Waals surface area contributed by atoms with E-state index in [9.17, 15) is 9.59 Å². The highest BCUT2D eigenvalue weighted by Gasteiger charge is 2.14. The second kappa shape index (κ2) is 8.43. The molecule has 0 radical (unpaired) electrons. The summed E-state index contributed by atoms with van der Waals surface area (Å²) in [6.45, 7) is 5.42. The maximum Gasteiger partial charge on any atom is 0.338 e. The molecule has 1 heterocycles. The number of hydrogen-bond acceptors (Lipinski definition) is 6. The van der Waals surface area contributed by atoms with Crippen molar-refractivity contribution in [3.8, 4) is 11.4 Å². The SMILES string of the molecule is Cc1ccccc1NC(=O)Cn1nnc(-c2cccc(C(=O)OC(C)C)c2)n1. The molecule has 0 aliphatic heterocycles. The Bertz CT molecular complexity index is 997. The van der Waals surface area contributed by atoms with E-state index in [1.165, 1.54) is 4.80 Å². The molecule has 8 nitrogen and oxygen atoms in total. The zero-order valence-electron chi connectivity index (χ0n) is 15.9. The lowest BCUT2D eigenvalue weighted by atomic mass is 10.1. The van der Waals surface area contributed by atoms with Gasteiger partial charge >= 0.3 is 5.97 Å². The van der Waals surface area contributed by atoms with Crippen LogP contribution >= 0.6 is 0 Å². The van der Waals surface area contributed by atoms with Crippen molar-refractivity contribution in [3.63, 3.8) is 0 Å². The predicted octanol–water partition coefficient (Wildman–Crippen LogP) is 2.85. The second-order valence-corrected chi connectivity index (χ2v) is 6.54. The quantitative estimate of drug-likeness (QED) is 0.661. The third-order valence-corrected chi connectivity index (χ3v) is 3.86. The molecule has 0 unspecified atom stereocenters. The van der Waals surface area contributed by atoms with Crippen LogP contribution in [0.5, 0.6) is 0 Å². The molecule has 0 saturated heterocycles. The zero-order chi connectivity index (χ0) is 20.1. The molecule has 3 rings (SSSR count). The lowest BCUT2D eigenvalue weighted by Gasteiger charge is -2.08. The van der Waals surface area contributed by atoms with Crippen LogP contribution in [0, 0.1) is 6.92 Å². The minimum absolute atomic E-state index is 0.0730. The summed E-state index contributed by atoms with van der Waals surface area (Å²) >= 11 is 0. The fourth-order valence-corrected chi connectivity index (χ4v) is 2.52. The van der Waals surface area contributed by atoms with Crippen molar-refractivity contribution in [2.75, 3.05) is 5.32 Å². The Morgan fingerprint density at radius 2 is 1.93 bits per heavy atom. The summed E-state index contributed by atoms with van der Waals surface area (Å²) in [7, 11) is 0. The maximum atomic E-state index is 12.2. The highest BCUT2D eigenvalue weighted by Crippen LogP contribution is 2.17. The third kappa shape index (κ3) is 4.79. The molecule has 0 aliphatic rings. The van der Waals surface area contributed by atoms with Gasteiger partial charge in [-0.25, -0.2) is 4.79 Å². The molecular weight excluding hydrogens is 358 g/mol. The number of carbonyl (C=O) groups is 2. The predicted molar refractivity (Wildman–Crippen MR) is 104 cm³/mol. The second-order valence-electron chi connectivity index (χ2n) is 6.54. The third-order valence-electron chi connectivity index (χ3n) is 3.86. The first kappa shape index (κ1) is 19.2. The van der Waals surface area contributed by atoms with E-state index in [0.29, 0.717) is 17.0 Å². The van der Waals surface area contributed by atoms with Crippen molar-refractivity contribution in [2.45, 2.75) is 33.4 Å². The van der Waals surface area contributed by atoms with Crippen LogP contribution in [0.25, 0.3) is 11.4 Å². The number of amides is 1. The number of rotatable bonds is 6. The molecule has 1 N–H and O–H groups in total. The summed E-state index contributed by atoms with van der Waals surface area (Å²) in [4.78, 5) is 25.5. The van der Waals surface area contributed by atoms with Gasteiger partial charge in [0.25, 0.3) is 0 Å². The van der Waals surface area contributed by atoms with Crippen molar-refractivity contribution in [1.82, 2.24) is 20.2 Å². The van der Waals surface area contributed by atoms with Gasteiger partial charge in [0.15, 0.2) is 0 Å². The Morgan fingerprint density at radius 1 is 1.14 bits per heavy atom. The molecule has 1 aromatic heterocycles. The van der Waals surface area contributed by atoms with Crippen LogP contribution < -0.4 is 5.32 Å². The standard InChI is InChI=1S/C20H21N5O3/c1-13(2)28-20(27)16-9-6-8-15(11-16)19-22-24-25(23-19)12-18(26)21-17-10-5-4-7-14(17)3/h4-11,13H,12H2,1-3H3,(H,21,26). The van der Waals surface area contributed by atoms with Crippen LogP contribution in [0.4, 0.5) is 5.69 Å². The minimum atomic E-state index is -0.415. The van der Waals surface area contributed by atoms with Gasteiger partial charge in [0.2, 0.25) is 11.7 Å². The normalized spacial score (nSPS) is 10.7. The molecule has 0 bridgehead atoms. The van der Waals surface area contributed by atoms with Crippen molar-refractivity contribution >= 4 is 17.6 Å². The summed E-state index contributed by atoms with van der Waals surface area (Å²) < 4.78 is 5.20. The van der Waals surface area contributed by atoms with E-state index >= 15 is 0 Å². The Balaban J connectivity index is 1.69. The van der Waals surface area contributed by atoms with E-state index in [-0.39, 0.29) is 18.6 Å². The number of benzene rings is 2. The molecule has 0 aliphatic carbocycles. The zero-order valence-corrected chi connectivity index (χ0v) is 15.9. The van der Waals surface area contributed by atoms with Crippen LogP contribution in [-0.2, 0) is 16.1 Å². The number of carbonyl (C=O) groups excluding carboxylic acids is 2. The Hall–Kier alpha value is -3.55. The Kier molecular flexibility index (Phi) is 5.78. The smallest absolute Gasteiger partial charge is 0.338 e. The van der Waals surface area contributed by atoms with Crippen molar-refractivity contribution < 1.29 is 14.3 Å². The molecule has 0 spiro atoms. The molecule has 0 saturated carbocycles. The number of nitrogens with zero attached hydrogens (tertiary/aromatic N) is 4. The minimum Gasteiger partial charge on any atom is -0.459 e. The van der Waals surface area contributed by atoms with Gasteiger partial charge in [-0.3, -0.25) is 4.79 Å². The summed E-state index contributed by atoms with van der Waals surface area (Å²) in [6, 6.07) is 14.3. The number of aryl methyl sites for hydroxylation is 1. The van der Waals surface area contributed by atoms with Crippen LogP contribution in [0.1, 0.15) is 29.8 Å². The summed E-state index contributed by atoms with van der Waals surface area (Å²) in [5.74, 6) is -0.350. The summed E-state index contributed by atoms with van der Waals surface area (Å²) in [5, 5.41) is 14.9. The first-order valence-corrected chi connectivity index (χ1v) is 8.87. The molecule has 144 valence electrons. The lowest BCUT2D eigenvalue weighted by molar-refractivity contribution is -0.117. The number of esters is 1. The molecule has 2 aromatic carbocycles. The van der Waals surface area contributed by atoms with Crippen LogP contribution in [0.2, 0.25) is 0 Å². The average molecular weight is 379 g/mol. The maximum absolute atomic E-state index is 12.2. The Morgan fingerprint density at radius 3 is 2.68 bits per heavy atom. The van der Waals surface area contributed by atoms with Crippen LogP contribution in [-0.4, -0.2) is 38.2 Å². The summed E-state index contributed by atoms with van der Waals surface area (Å²) in [5.41, 5.74) is 2.72.